The van der Waals surface area contributed by atoms with Crippen LogP contribution in [0.1, 0.15) is 12.5 Å². The monoisotopic (exact) mass is 331 g/mol. The summed E-state index contributed by atoms with van der Waals surface area (Å²) >= 11 is 0. The Balaban J connectivity index is 2.63. The van der Waals surface area contributed by atoms with Gasteiger partial charge in [-0.2, -0.15) is 5.26 Å². The van der Waals surface area contributed by atoms with Gasteiger partial charge in [0.2, 0.25) is 0 Å². The molecule has 0 atom stereocenters. The summed E-state index contributed by atoms with van der Waals surface area (Å²) in [6.45, 7) is 1.37. The molecular weight excluding hydrogens is 314 g/mol. The number of hydrogen-bond acceptors (Lipinski definition) is 6. The van der Waals surface area contributed by atoms with E-state index < -0.39 is 24.5 Å². The molecule has 0 bridgehead atoms. The first-order valence-corrected chi connectivity index (χ1v) is 7.00. The van der Waals surface area contributed by atoms with Crippen molar-refractivity contribution in [3.63, 3.8) is 0 Å². The second kappa shape index (κ2) is 9.63. The number of methoxy groups -OCH3 is 1. The third-order valence-electron chi connectivity index (χ3n) is 2.69. The second-order valence-corrected chi connectivity index (χ2v) is 4.43. The minimum absolute atomic E-state index is 0.272. The molecule has 0 saturated carbocycles. The number of carbonyl (C=O) groups excluding carboxylic acids is 3. The van der Waals surface area contributed by atoms with E-state index in [0.717, 1.165) is 0 Å². The van der Waals surface area contributed by atoms with Gasteiger partial charge in [0, 0.05) is 6.54 Å². The van der Waals surface area contributed by atoms with E-state index in [2.05, 4.69) is 5.32 Å². The van der Waals surface area contributed by atoms with Gasteiger partial charge in [-0.05, 0) is 30.7 Å². The number of nitriles is 1. The highest BCUT2D eigenvalue weighted by Gasteiger charge is 2.14. The Labute approximate surface area is 139 Å². The van der Waals surface area contributed by atoms with E-state index in [4.69, 9.17) is 14.7 Å². The van der Waals surface area contributed by atoms with E-state index >= 15 is 0 Å². The molecule has 2 N–H and O–H groups in total. The van der Waals surface area contributed by atoms with Gasteiger partial charge in [-0.15, -0.1) is 0 Å². The molecule has 1 rings (SSSR count). The Bertz CT molecular complexity index is 674. The molecule has 1 aromatic rings. The topological polar surface area (TPSA) is 118 Å². The molecule has 24 heavy (non-hydrogen) atoms. The average molecular weight is 331 g/mol. The molecule has 126 valence electrons. The molecule has 0 heterocycles. The Morgan fingerprint density at radius 1 is 1.25 bits per heavy atom. The number of hydrogen-bond donors (Lipinski definition) is 2. The minimum Gasteiger partial charge on any atom is -0.497 e. The van der Waals surface area contributed by atoms with Crippen molar-refractivity contribution in [1.29, 1.82) is 5.26 Å². The first-order chi connectivity index (χ1) is 11.5. The van der Waals surface area contributed by atoms with Crippen LogP contribution in [0.15, 0.2) is 29.8 Å². The van der Waals surface area contributed by atoms with Crippen LogP contribution >= 0.6 is 0 Å². The number of amides is 3. The van der Waals surface area contributed by atoms with Gasteiger partial charge in [0.05, 0.1) is 7.11 Å². The number of nitrogens with zero attached hydrogens (tertiary/aromatic N) is 1. The highest BCUT2D eigenvalue weighted by Crippen LogP contribution is 2.14. The zero-order valence-electron chi connectivity index (χ0n) is 13.3. The fraction of sp³-hybridized carbons (Fsp3) is 0.250. The van der Waals surface area contributed by atoms with Gasteiger partial charge in [-0.3, -0.25) is 10.1 Å². The number of esters is 1. The quantitative estimate of drug-likeness (QED) is 0.456. The molecular formula is C16H17N3O5. The summed E-state index contributed by atoms with van der Waals surface area (Å²) in [6.07, 6.45) is 1.32. The Kier molecular flexibility index (Phi) is 7.51. The molecule has 0 aromatic heterocycles. The molecule has 0 fully saturated rings. The third kappa shape index (κ3) is 6.19. The van der Waals surface area contributed by atoms with Crippen LogP contribution in [0.25, 0.3) is 6.08 Å². The van der Waals surface area contributed by atoms with Crippen molar-refractivity contribution in [1.82, 2.24) is 10.6 Å². The maximum atomic E-state index is 11.8. The first-order valence-electron chi connectivity index (χ1n) is 7.00. The fourth-order valence-electron chi connectivity index (χ4n) is 1.58. The zero-order chi connectivity index (χ0) is 17.9. The third-order valence-corrected chi connectivity index (χ3v) is 2.69. The van der Waals surface area contributed by atoms with Crippen LogP contribution in [0.3, 0.4) is 0 Å². The maximum absolute atomic E-state index is 11.8. The van der Waals surface area contributed by atoms with Crippen LogP contribution in [0.5, 0.6) is 5.75 Å². The molecule has 0 aliphatic rings. The lowest BCUT2D eigenvalue weighted by Crippen LogP contribution is -2.41. The van der Waals surface area contributed by atoms with Gasteiger partial charge in [0.25, 0.3) is 5.91 Å². The number of carbonyl (C=O) groups is 3. The molecule has 8 nitrogen and oxygen atoms in total. The van der Waals surface area contributed by atoms with Gasteiger partial charge < -0.3 is 14.8 Å². The van der Waals surface area contributed by atoms with Crippen molar-refractivity contribution < 1.29 is 23.9 Å². The normalized spacial score (nSPS) is 10.3. The lowest BCUT2D eigenvalue weighted by Gasteiger charge is -2.05. The summed E-state index contributed by atoms with van der Waals surface area (Å²) < 4.78 is 9.71. The molecule has 3 amide bonds. The van der Waals surface area contributed by atoms with E-state index in [1.807, 2.05) is 5.32 Å². The fourth-order valence-corrected chi connectivity index (χ4v) is 1.58. The number of rotatable bonds is 6. The summed E-state index contributed by atoms with van der Waals surface area (Å²) in [5, 5.41) is 13.4. The van der Waals surface area contributed by atoms with Gasteiger partial charge in [0.15, 0.2) is 6.61 Å². The summed E-state index contributed by atoms with van der Waals surface area (Å²) in [4.78, 5) is 34.3. The smallest absolute Gasteiger partial charge is 0.349 e. The molecule has 0 spiro atoms. The van der Waals surface area contributed by atoms with Gasteiger partial charge in [-0.1, -0.05) is 12.1 Å². The van der Waals surface area contributed by atoms with Gasteiger partial charge >= 0.3 is 12.0 Å². The standard InChI is InChI=1S/C16H17N3O5/c1-3-18-16(22)19-14(20)10-24-15(21)12(9-17)8-11-4-6-13(23-2)7-5-11/h4-8H,3,10H2,1-2H3,(H2,18,19,20,22)/b12-8+. The molecule has 1 aromatic carbocycles. The van der Waals surface area contributed by atoms with Crippen molar-refractivity contribution in [3.8, 4) is 11.8 Å². The van der Waals surface area contributed by atoms with Crippen molar-refractivity contribution in [2.45, 2.75) is 6.92 Å². The van der Waals surface area contributed by atoms with E-state index in [1.54, 1.807) is 37.3 Å². The van der Waals surface area contributed by atoms with Gasteiger partial charge in [0.1, 0.15) is 17.4 Å². The molecule has 0 aliphatic heterocycles. The highest BCUT2D eigenvalue weighted by molar-refractivity contribution is 6.00. The van der Waals surface area contributed by atoms with Crippen LogP contribution in [0, 0.1) is 11.3 Å². The highest BCUT2D eigenvalue weighted by atomic mass is 16.5. The maximum Gasteiger partial charge on any atom is 0.349 e. The molecule has 8 heteroatoms. The van der Waals surface area contributed by atoms with E-state index in [-0.39, 0.29) is 5.57 Å². The Morgan fingerprint density at radius 3 is 2.46 bits per heavy atom. The molecule has 0 aliphatic carbocycles. The van der Waals surface area contributed by atoms with Crippen LogP contribution in [0.2, 0.25) is 0 Å². The average Bonchev–Trinajstić information content (AvgIpc) is 2.58. The SMILES string of the molecule is CCNC(=O)NC(=O)COC(=O)/C(C#N)=C/c1ccc(OC)cc1. The van der Waals surface area contributed by atoms with Crippen molar-refractivity contribution >= 4 is 24.0 Å². The second-order valence-electron chi connectivity index (χ2n) is 4.43. The van der Waals surface area contributed by atoms with E-state index in [1.165, 1.54) is 13.2 Å². The summed E-state index contributed by atoms with van der Waals surface area (Å²) in [5.74, 6) is -1.12. The summed E-state index contributed by atoms with van der Waals surface area (Å²) in [5.41, 5.74) is 0.321. The molecule has 0 saturated heterocycles. The van der Waals surface area contributed by atoms with Crippen LogP contribution < -0.4 is 15.4 Å². The lowest BCUT2D eigenvalue weighted by atomic mass is 10.1. The van der Waals surface area contributed by atoms with Crippen LogP contribution in [0.4, 0.5) is 4.79 Å². The van der Waals surface area contributed by atoms with Crippen molar-refractivity contribution in [2.75, 3.05) is 20.3 Å². The number of benzene rings is 1. The number of ether oxygens (including phenoxy) is 2. The predicted octanol–water partition coefficient (Wildman–Crippen LogP) is 0.991. The van der Waals surface area contributed by atoms with E-state index in [0.29, 0.717) is 17.9 Å². The summed E-state index contributed by atoms with van der Waals surface area (Å²) in [6, 6.07) is 7.68. The number of imide groups is 1. The molecule has 0 unspecified atom stereocenters. The first kappa shape index (κ1) is 18.7. The minimum atomic E-state index is -0.959. The number of urea groups is 1. The lowest BCUT2D eigenvalue weighted by molar-refractivity contribution is -0.144. The van der Waals surface area contributed by atoms with Crippen molar-refractivity contribution in [3.05, 3.63) is 35.4 Å². The van der Waals surface area contributed by atoms with Crippen LogP contribution in [-0.2, 0) is 14.3 Å². The largest absolute Gasteiger partial charge is 0.497 e. The Hall–Kier alpha value is -3.34. The number of nitrogens with one attached hydrogen (secondary N) is 2. The van der Waals surface area contributed by atoms with E-state index in [9.17, 15) is 14.4 Å². The molecule has 0 radical (unpaired) electrons. The predicted molar refractivity (Wildman–Crippen MR) is 84.8 cm³/mol. The summed E-state index contributed by atoms with van der Waals surface area (Å²) in [7, 11) is 1.52. The van der Waals surface area contributed by atoms with Crippen LogP contribution in [-0.4, -0.2) is 38.2 Å². The zero-order valence-corrected chi connectivity index (χ0v) is 13.3. The van der Waals surface area contributed by atoms with Crippen molar-refractivity contribution in [2.24, 2.45) is 0 Å². The Morgan fingerprint density at radius 2 is 1.92 bits per heavy atom. The van der Waals surface area contributed by atoms with Gasteiger partial charge in [-0.25, -0.2) is 9.59 Å².